The van der Waals surface area contributed by atoms with E-state index >= 15 is 0 Å². The van der Waals surface area contributed by atoms with Crippen molar-refractivity contribution in [3.8, 4) is 5.82 Å². The molecule has 1 aliphatic heterocycles. The summed E-state index contributed by atoms with van der Waals surface area (Å²) in [7, 11) is -3.60. The second kappa shape index (κ2) is 8.24. The molecule has 170 valence electrons. The summed E-state index contributed by atoms with van der Waals surface area (Å²) in [5.74, 6) is 2.15. The molecule has 8 nitrogen and oxygen atoms in total. The Labute approximate surface area is 193 Å². The van der Waals surface area contributed by atoms with Crippen LogP contribution >= 0.6 is 0 Å². The molecule has 0 amide bonds. The molecule has 2 aromatic heterocycles. The highest BCUT2D eigenvalue weighted by Gasteiger charge is 2.30. The van der Waals surface area contributed by atoms with E-state index in [9.17, 15) is 8.42 Å². The smallest absolute Gasteiger partial charge is 0.243 e. The maximum absolute atomic E-state index is 13.4. The summed E-state index contributed by atoms with van der Waals surface area (Å²) in [5, 5.41) is 6.21. The van der Waals surface area contributed by atoms with E-state index in [-0.39, 0.29) is 0 Å². The average Bonchev–Trinajstić information content (AvgIpc) is 3.16. The predicted molar refractivity (Wildman–Crippen MR) is 128 cm³/mol. The van der Waals surface area contributed by atoms with Gasteiger partial charge in [0.1, 0.15) is 11.6 Å². The molecule has 0 saturated carbocycles. The minimum Gasteiger partial charge on any atom is -0.354 e. The third kappa shape index (κ3) is 3.98. The number of rotatable bonds is 4. The molecule has 0 N–H and O–H groups in total. The molecule has 0 atom stereocenters. The lowest BCUT2D eigenvalue weighted by molar-refractivity contribution is 0.384. The molecule has 1 fully saturated rings. The van der Waals surface area contributed by atoms with Gasteiger partial charge in [-0.05, 0) is 38.3 Å². The quantitative estimate of drug-likeness (QED) is 0.463. The molecular weight excluding hydrogens is 436 g/mol. The van der Waals surface area contributed by atoms with Crippen LogP contribution in [0.2, 0.25) is 0 Å². The van der Waals surface area contributed by atoms with Gasteiger partial charge in [-0.2, -0.15) is 9.40 Å². The van der Waals surface area contributed by atoms with E-state index < -0.39 is 10.0 Å². The lowest BCUT2D eigenvalue weighted by Crippen LogP contribution is -2.49. The Morgan fingerprint density at radius 3 is 2.24 bits per heavy atom. The number of aryl methyl sites for hydroxylation is 3. The topological polar surface area (TPSA) is 84.2 Å². The van der Waals surface area contributed by atoms with Gasteiger partial charge in [0.15, 0.2) is 5.82 Å². The predicted octanol–water partition coefficient (Wildman–Crippen LogP) is 3.25. The van der Waals surface area contributed by atoms with Gasteiger partial charge in [0.05, 0.1) is 10.6 Å². The van der Waals surface area contributed by atoms with Crippen molar-refractivity contribution < 1.29 is 8.42 Å². The van der Waals surface area contributed by atoms with Crippen LogP contribution in [0.5, 0.6) is 0 Å². The van der Waals surface area contributed by atoms with Crippen molar-refractivity contribution in [1.82, 2.24) is 24.1 Å². The Morgan fingerprint density at radius 2 is 1.52 bits per heavy atom. The van der Waals surface area contributed by atoms with E-state index in [0.29, 0.717) is 42.7 Å². The van der Waals surface area contributed by atoms with Gasteiger partial charge in [-0.3, -0.25) is 0 Å². The number of aromatic nitrogens is 4. The second-order valence-corrected chi connectivity index (χ2v) is 10.2. The van der Waals surface area contributed by atoms with Crippen molar-refractivity contribution in [2.45, 2.75) is 25.7 Å². The number of benzene rings is 2. The van der Waals surface area contributed by atoms with Crippen molar-refractivity contribution in [3.05, 3.63) is 71.8 Å². The van der Waals surface area contributed by atoms with Crippen LogP contribution in [0.15, 0.2) is 59.5 Å². The Balaban J connectivity index is 1.39. The van der Waals surface area contributed by atoms with Gasteiger partial charge in [-0.1, -0.05) is 36.4 Å². The van der Waals surface area contributed by atoms with Gasteiger partial charge in [-0.15, -0.1) is 0 Å². The standard InChI is InChI=1S/C24H26N6O2S/c1-17-15-18(2)30(27-17)24-16-23(25-19(3)26-24)28-11-13-29(14-12-28)33(31,32)22-10-6-8-20-7-4-5-9-21(20)22/h4-10,15-16H,11-14H2,1-3H3. The van der Waals surface area contributed by atoms with E-state index in [1.807, 2.05) is 67.9 Å². The van der Waals surface area contributed by atoms with Gasteiger partial charge in [-0.25, -0.2) is 23.1 Å². The van der Waals surface area contributed by atoms with Gasteiger partial charge in [0.25, 0.3) is 0 Å². The molecule has 0 aliphatic carbocycles. The summed E-state index contributed by atoms with van der Waals surface area (Å²) < 4.78 is 30.3. The Kier molecular flexibility index (Phi) is 5.38. The third-order valence-electron chi connectivity index (χ3n) is 5.97. The van der Waals surface area contributed by atoms with Crippen LogP contribution in [-0.2, 0) is 10.0 Å². The molecule has 3 heterocycles. The van der Waals surface area contributed by atoms with Crippen molar-refractivity contribution in [3.63, 3.8) is 0 Å². The number of piperazine rings is 1. The van der Waals surface area contributed by atoms with Crippen LogP contribution in [-0.4, -0.2) is 58.7 Å². The molecule has 1 aliphatic rings. The highest BCUT2D eigenvalue weighted by molar-refractivity contribution is 7.89. The van der Waals surface area contributed by atoms with E-state index in [2.05, 4.69) is 20.0 Å². The molecule has 4 aromatic rings. The van der Waals surface area contributed by atoms with Crippen molar-refractivity contribution in [2.75, 3.05) is 31.1 Å². The maximum Gasteiger partial charge on any atom is 0.243 e. The highest BCUT2D eigenvalue weighted by Crippen LogP contribution is 2.27. The molecule has 9 heteroatoms. The summed E-state index contributed by atoms with van der Waals surface area (Å²) in [6.07, 6.45) is 0. The Bertz CT molecular complexity index is 1430. The Hall–Kier alpha value is -3.30. The van der Waals surface area contributed by atoms with Gasteiger partial charge in [0.2, 0.25) is 10.0 Å². The minimum absolute atomic E-state index is 0.360. The van der Waals surface area contributed by atoms with Crippen LogP contribution in [0.1, 0.15) is 17.2 Å². The lowest BCUT2D eigenvalue weighted by Gasteiger charge is -2.35. The summed E-state index contributed by atoms with van der Waals surface area (Å²) in [5.41, 5.74) is 1.93. The fraction of sp³-hybridized carbons (Fsp3) is 0.292. The number of hydrogen-bond donors (Lipinski definition) is 0. The van der Waals surface area contributed by atoms with E-state index in [4.69, 9.17) is 0 Å². The van der Waals surface area contributed by atoms with Crippen LogP contribution < -0.4 is 4.90 Å². The summed E-state index contributed by atoms with van der Waals surface area (Å²) in [6.45, 7) is 7.70. The second-order valence-electron chi connectivity index (χ2n) is 8.34. The molecule has 0 radical (unpaired) electrons. The molecule has 0 bridgehead atoms. The first kappa shape index (κ1) is 21.5. The molecule has 0 unspecified atom stereocenters. The van der Waals surface area contributed by atoms with E-state index in [0.717, 1.165) is 28.0 Å². The molecule has 0 spiro atoms. The zero-order valence-electron chi connectivity index (χ0n) is 18.9. The molecule has 5 rings (SSSR count). The first-order chi connectivity index (χ1) is 15.8. The number of fused-ring (bicyclic) bond motifs is 1. The minimum atomic E-state index is -3.60. The maximum atomic E-state index is 13.4. The zero-order chi connectivity index (χ0) is 23.2. The van der Waals surface area contributed by atoms with E-state index in [1.54, 1.807) is 16.4 Å². The van der Waals surface area contributed by atoms with Gasteiger partial charge >= 0.3 is 0 Å². The number of sulfonamides is 1. The number of nitrogens with zero attached hydrogens (tertiary/aromatic N) is 6. The van der Waals surface area contributed by atoms with Crippen molar-refractivity contribution in [2.24, 2.45) is 0 Å². The monoisotopic (exact) mass is 462 g/mol. The van der Waals surface area contributed by atoms with Gasteiger partial charge < -0.3 is 4.90 Å². The molecule has 2 aromatic carbocycles. The van der Waals surface area contributed by atoms with Gasteiger partial charge in [0, 0.05) is 43.3 Å². The first-order valence-electron chi connectivity index (χ1n) is 10.9. The van der Waals surface area contributed by atoms with Crippen molar-refractivity contribution in [1.29, 1.82) is 0 Å². The highest BCUT2D eigenvalue weighted by atomic mass is 32.2. The SMILES string of the molecule is Cc1cc(C)n(-c2cc(N3CCN(S(=O)(=O)c4cccc5ccccc45)CC3)nc(C)n2)n1. The fourth-order valence-corrected chi connectivity index (χ4v) is 6.02. The fourth-order valence-electron chi connectivity index (χ4n) is 4.39. The molecular formula is C24H26N6O2S. The first-order valence-corrected chi connectivity index (χ1v) is 12.4. The van der Waals surface area contributed by atoms with Crippen LogP contribution in [0.3, 0.4) is 0 Å². The molecule has 1 saturated heterocycles. The number of hydrogen-bond acceptors (Lipinski definition) is 6. The van der Waals surface area contributed by atoms with E-state index in [1.165, 1.54) is 0 Å². The lowest BCUT2D eigenvalue weighted by atomic mass is 10.1. The summed E-state index contributed by atoms with van der Waals surface area (Å²) >= 11 is 0. The summed E-state index contributed by atoms with van der Waals surface area (Å²) in [6, 6.07) is 16.9. The summed E-state index contributed by atoms with van der Waals surface area (Å²) in [4.78, 5) is 11.6. The zero-order valence-corrected chi connectivity index (χ0v) is 19.7. The average molecular weight is 463 g/mol. The largest absolute Gasteiger partial charge is 0.354 e. The third-order valence-corrected chi connectivity index (χ3v) is 7.92. The van der Waals surface area contributed by atoms with Crippen LogP contribution in [0.25, 0.3) is 16.6 Å². The van der Waals surface area contributed by atoms with Crippen LogP contribution in [0.4, 0.5) is 5.82 Å². The molecule has 33 heavy (non-hydrogen) atoms. The van der Waals surface area contributed by atoms with Crippen molar-refractivity contribution >= 4 is 26.6 Å². The number of anilines is 1. The normalized spacial score (nSPS) is 15.3. The van der Waals surface area contributed by atoms with Crippen LogP contribution in [0, 0.1) is 20.8 Å². The Morgan fingerprint density at radius 1 is 0.818 bits per heavy atom.